The number of pyridine rings is 1. The van der Waals surface area contributed by atoms with Gasteiger partial charge in [0.15, 0.2) is 0 Å². The maximum absolute atomic E-state index is 12.1. The van der Waals surface area contributed by atoms with Gasteiger partial charge in [0.05, 0.1) is 14.2 Å². The fourth-order valence-electron chi connectivity index (χ4n) is 1.98. The van der Waals surface area contributed by atoms with Crippen LogP contribution < -0.4 is 14.8 Å². The van der Waals surface area contributed by atoms with Crippen molar-refractivity contribution in [2.75, 3.05) is 14.2 Å². The second-order valence-electron chi connectivity index (χ2n) is 4.61. The molecule has 0 aliphatic rings. The third-order valence-electron chi connectivity index (χ3n) is 3.15. The van der Waals surface area contributed by atoms with Crippen LogP contribution in [0.2, 0.25) is 0 Å². The van der Waals surface area contributed by atoms with E-state index in [-0.39, 0.29) is 23.8 Å². The number of aromatic nitrogens is 1. The van der Waals surface area contributed by atoms with E-state index in [2.05, 4.69) is 10.3 Å². The van der Waals surface area contributed by atoms with Gasteiger partial charge in [-0.3, -0.25) is 4.79 Å². The summed E-state index contributed by atoms with van der Waals surface area (Å²) < 4.78 is 9.96. The Morgan fingerprint density at radius 2 is 1.96 bits per heavy atom. The Morgan fingerprint density at radius 3 is 2.61 bits per heavy atom. The number of ether oxygens (including phenoxy) is 2. The molecule has 0 radical (unpaired) electrons. The lowest BCUT2D eigenvalue weighted by atomic mass is 10.1. The minimum absolute atomic E-state index is 0.0461. The number of rotatable bonds is 6. The van der Waals surface area contributed by atoms with Gasteiger partial charge in [-0.15, -0.1) is 0 Å². The van der Waals surface area contributed by atoms with Crippen molar-refractivity contribution in [1.82, 2.24) is 10.3 Å². The quantitative estimate of drug-likeness (QED) is 0.842. The van der Waals surface area contributed by atoms with Crippen molar-refractivity contribution >= 4 is 11.9 Å². The number of benzene rings is 1. The molecule has 2 aromatic rings. The summed E-state index contributed by atoms with van der Waals surface area (Å²) in [4.78, 5) is 27.2. The molecule has 1 aromatic carbocycles. The summed E-state index contributed by atoms with van der Waals surface area (Å²) >= 11 is 0. The van der Waals surface area contributed by atoms with Crippen LogP contribution in [0.25, 0.3) is 0 Å². The van der Waals surface area contributed by atoms with E-state index >= 15 is 0 Å². The van der Waals surface area contributed by atoms with E-state index in [0.717, 1.165) is 0 Å². The third-order valence-corrected chi connectivity index (χ3v) is 3.15. The van der Waals surface area contributed by atoms with Gasteiger partial charge in [-0.1, -0.05) is 6.07 Å². The van der Waals surface area contributed by atoms with E-state index in [1.54, 1.807) is 18.2 Å². The van der Waals surface area contributed by atoms with E-state index in [0.29, 0.717) is 17.0 Å². The lowest BCUT2D eigenvalue weighted by Gasteiger charge is -2.09. The van der Waals surface area contributed by atoms with Gasteiger partial charge in [-0.2, -0.15) is 0 Å². The highest BCUT2D eigenvalue weighted by Crippen LogP contribution is 2.20. The number of carboxylic acid groups (broad SMARTS) is 1. The predicted molar refractivity (Wildman–Crippen MR) is 81.9 cm³/mol. The number of aromatic carboxylic acids is 1. The first-order chi connectivity index (χ1) is 11.0. The van der Waals surface area contributed by atoms with Gasteiger partial charge in [0, 0.05) is 24.4 Å². The average Bonchev–Trinajstić information content (AvgIpc) is 2.59. The van der Waals surface area contributed by atoms with Crippen LogP contribution in [0.3, 0.4) is 0 Å². The van der Waals surface area contributed by atoms with E-state index in [1.165, 1.54) is 32.5 Å². The SMILES string of the molecule is COc1cc(C(=O)NCc2ccc(OC)c(C(=O)O)c2)ccn1. The largest absolute Gasteiger partial charge is 0.496 e. The molecule has 2 N–H and O–H groups in total. The topological polar surface area (TPSA) is 97.8 Å². The molecule has 120 valence electrons. The zero-order chi connectivity index (χ0) is 16.8. The monoisotopic (exact) mass is 316 g/mol. The van der Waals surface area contributed by atoms with Crippen molar-refractivity contribution < 1.29 is 24.2 Å². The van der Waals surface area contributed by atoms with Crippen LogP contribution in [0.5, 0.6) is 11.6 Å². The molecule has 0 aliphatic heterocycles. The van der Waals surface area contributed by atoms with Crippen molar-refractivity contribution in [1.29, 1.82) is 0 Å². The number of carbonyl (C=O) groups is 2. The molecule has 0 saturated carbocycles. The third kappa shape index (κ3) is 3.97. The number of hydrogen-bond acceptors (Lipinski definition) is 5. The standard InChI is InChI=1S/C16H16N2O5/c1-22-13-4-3-10(7-12(13)16(20)21)9-18-15(19)11-5-6-17-14(8-11)23-2/h3-8H,9H2,1-2H3,(H,18,19)(H,20,21). The molecular formula is C16H16N2O5. The molecule has 7 nitrogen and oxygen atoms in total. The fraction of sp³-hybridized carbons (Fsp3) is 0.188. The number of nitrogens with zero attached hydrogens (tertiary/aromatic N) is 1. The van der Waals surface area contributed by atoms with Gasteiger partial charge in [0.1, 0.15) is 11.3 Å². The Kier molecular flexibility index (Phi) is 5.14. The Morgan fingerprint density at radius 1 is 1.17 bits per heavy atom. The average molecular weight is 316 g/mol. The Labute approximate surface area is 132 Å². The number of methoxy groups -OCH3 is 2. The second-order valence-corrected chi connectivity index (χ2v) is 4.61. The lowest BCUT2D eigenvalue weighted by Crippen LogP contribution is -2.23. The first-order valence-electron chi connectivity index (χ1n) is 6.73. The molecule has 23 heavy (non-hydrogen) atoms. The van der Waals surface area contributed by atoms with Crippen LogP contribution in [0.15, 0.2) is 36.5 Å². The Balaban J connectivity index is 2.09. The van der Waals surface area contributed by atoms with Crippen LogP contribution in [-0.4, -0.2) is 36.2 Å². The number of amides is 1. The number of hydrogen-bond donors (Lipinski definition) is 2. The minimum Gasteiger partial charge on any atom is -0.496 e. The first kappa shape index (κ1) is 16.3. The summed E-state index contributed by atoms with van der Waals surface area (Å²) in [5, 5.41) is 11.9. The van der Waals surface area contributed by atoms with Crippen molar-refractivity contribution in [3.63, 3.8) is 0 Å². The lowest BCUT2D eigenvalue weighted by molar-refractivity contribution is 0.0693. The summed E-state index contributed by atoms with van der Waals surface area (Å²) in [5.74, 6) is -0.783. The number of carboxylic acids is 1. The normalized spacial score (nSPS) is 10.0. The molecule has 0 bridgehead atoms. The number of nitrogens with one attached hydrogen (secondary N) is 1. The zero-order valence-corrected chi connectivity index (χ0v) is 12.7. The molecule has 0 aliphatic carbocycles. The molecule has 1 amide bonds. The highest BCUT2D eigenvalue weighted by Gasteiger charge is 2.12. The first-order valence-corrected chi connectivity index (χ1v) is 6.73. The summed E-state index contributed by atoms with van der Waals surface area (Å²) in [6, 6.07) is 7.80. The van der Waals surface area contributed by atoms with Gasteiger partial charge in [-0.05, 0) is 23.8 Å². The maximum atomic E-state index is 12.1. The van der Waals surface area contributed by atoms with Crippen LogP contribution >= 0.6 is 0 Å². The van der Waals surface area contributed by atoms with Crippen LogP contribution in [0.4, 0.5) is 0 Å². The molecule has 2 rings (SSSR count). The van der Waals surface area contributed by atoms with E-state index in [4.69, 9.17) is 14.6 Å². The molecule has 0 fully saturated rings. The predicted octanol–water partition coefficient (Wildman–Crippen LogP) is 1.73. The Hall–Kier alpha value is -3.09. The summed E-state index contributed by atoms with van der Waals surface area (Å²) in [6.45, 7) is 0.188. The summed E-state index contributed by atoms with van der Waals surface area (Å²) in [6.07, 6.45) is 1.48. The second kappa shape index (κ2) is 7.26. The van der Waals surface area contributed by atoms with E-state index < -0.39 is 5.97 Å². The molecule has 0 unspecified atom stereocenters. The van der Waals surface area contributed by atoms with E-state index in [9.17, 15) is 9.59 Å². The highest BCUT2D eigenvalue weighted by atomic mass is 16.5. The summed E-state index contributed by atoms with van der Waals surface area (Å²) in [7, 11) is 2.87. The van der Waals surface area contributed by atoms with Crippen LogP contribution in [0, 0.1) is 0 Å². The van der Waals surface area contributed by atoms with Crippen molar-refractivity contribution in [2.24, 2.45) is 0 Å². The van der Waals surface area contributed by atoms with Crippen LogP contribution in [-0.2, 0) is 6.54 Å². The van der Waals surface area contributed by atoms with Crippen molar-refractivity contribution in [3.8, 4) is 11.6 Å². The molecule has 1 aromatic heterocycles. The van der Waals surface area contributed by atoms with Gasteiger partial charge >= 0.3 is 5.97 Å². The smallest absolute Gasteiger partial charge is 0.339 e. The molecular weight excluding hydrogens is 300 g/mol. The molecule has 0 spiro atoms. The van der Waals surface area contributed by atoms with Crippen molar-refractivity contribution in [2.45, 2.75) is 6.54 Å². The number of carbonyl (C=O) groups excluding carboxylic acids is 1. The minimum atomic E-state index is -1.09. The molecule has 0 saturated heterocycles. The van der Waals surface area contributed by atoms with E-state index in [1.807, 2.05) is 0 Å². The van der Waals surface area contributed by atoms with Gasteiger partial charge < -0.3 is 19.9 Å². The van der Waals surface area contributed by atoms with Crippen LogP contribution in [0.1, 0.15) is 26.3 Å². The summed E-state index contributed by atoms with van der Waals surface area (Å²) in [5.41, 5.74) is 1.10. The highest BCUT2D eigenvalue weighted by molar-refractivity contribution is 5.94. The molecule has 7 heteroatoms. The van der Waals surface area contributed by atoms with Gasteiger partial charge in [0.25, 0.3) is 5.91 Å². The van der Waals surface area contributed by atoms with Gasteiger partial charge in [-0.25, -0.2) is 9.78 Å². The molecule has 0 atom stereocenters. The van der Waals surface area contributed by atoms with Crippen molar-refractivity contribution in [3.05, 3.63) is 53.2 Å². The Bertz CT molecular complexity index is 730. The fourth-order valence-corrected chi connectivity index (χ4v) is 1.98. The zero-order valence-electron chi connectivity index (χ0n) is 12.7. The molecule has 1 heterocycles. The maximum Gasteiger partial charge on any atom is 0.339 e. The van der Waals surface area contributed by atoms with Gasteiger partial charge in [0.2, 0.25) is 5.88 Å².